The van der Waals surface area contributed by atoms with Gasteiger partial charge in [0.15, 0.2) is 5.13 Å². The van der Waals surface area contributed by atoms with Gasteiger partial charge in [-0.3, -0.25) is 4.79 Å². The van der Waals surface area contributed by atoms with Gasteiger partial charge in [0.2, 0.25) is 11.7 Å². The number of amides is 1. The number of methoxy groups -OCH3 is 2. The van der Waals surface area contributed by atoms with E-state index in [4.69, 9.17) is 9.47 Å². The highest BCUT2D eigenvalue weighted by Crippen LogP contribution is 2.35. The monoisotopic (exact) mass is 490 g/mol. The predicted molar refractivity (Wildman–Crippen MR) is 118 cm³/mol. The Labute approximate surface area is 195 Å². The number of hydrogen-bond acceptors (Lipinski definition) is 8. The summed E-state index contributed by atoms with van der Waals surface area (Å²) in [6, 6.07) is 9.84. The first-order chi connectivity index (χ1) is 16.3. The first-order valence-electron chi connectivity index (χ1n) is 9.70. The molecule has 1 amide bonds. The van der Waals surface area contributed by atoms with E-state index in [0.717, 1.165) is 16.9 Å². The summed E-state index contributed by atoms with van der Waals surface area (Å²) in [6.45, 7) is -0.302. The number of tetrazole rings is 1. The highest BCUT2D eigenvalue weighted by atomic mass is 32.1. The fourth-order valence-electron chi connectivity index (χ4n) is 3.02. The molecule has 0 radical (unpaired) electrons. The molecule has 0 aliphatic carbocycles. The van der Waals surface area contributed by atoms with Crippen LogP contribution in [0.25, 0.3) is 22.6 Å². The van der Waals surface area contributed by atoms with Crippen molar-refractivity contribution >= 4 is 22.4 Å². The average molecular weight is 490 g/mol. The van der Waals surface area contributed by atoms with Crippen LogP contribution < -0.4 is 14.8 Å². The number of carbonyl (C=O) groups excluding carboxylic acids is 1. The van der Waals surface area contributed by atoms with Gasteiger partial charge in [-0.05, 0) is 35.5 Å². The molecule has 0 aliphatic heterocycles. The summed E-state index contributed by atoms with van der Waals surface area (Å²) in [6.07, 6.45) is -4.49. The standard InChI is InChI=1S/C21H17F3N6O3S/c1-32-14-6-7-17(33-2)15(9-14)16-11-34-20(25-16)26-18(31)10-30-28-19(27-29-30)12-4-3-5-13(8-12)21(22,23)24/h3-9,11H,10H2,1-2H3,(H,25,26,31). The Morgan fingerprint density at radius 2 is 1.97 bits per heavy atom. The maximum absolute atomic E-state index is 12.9. The molecule has 0 fully saturated rings. The number of nitrogens with one attached hydrogen (secondary N) is 1. The number of rotatable bonds is 7. The van der Waals surface area contributed by atoms with Crippen LogP contribution >= 0.6 is 11.3 Å². The zero-order valence-corrected chi connectivity index (χ0v) is 18.6. The molecule has 0 saturated heterocycles. The second kappa shape index (κ2) is 9.47. The highest BCUT2D eigenvalue weighted by Gasteiger charge is 2.30. The van der Waals surface area contributed by atoms with Crippen LogP contribution in [0.15, 0.2) is 47.8 Å². The quantitative estimate of drug-likeness (QED) is 0.415. The van der Waals surface area contributed by atoms with Gasteiger partial charge in [0, 0.05) is 16.5 Å². The van der Waals surface area contributed by atoms with E-state index < -0.39 is 17.6 Å². The molecule has 2 aromatic carbocycles. The fourth-order valence-corrected chi connectivity index (χ4v) is 3.74. The van der Waals surface area contributed by atoms with Gasteiger partial charge in [-0.15, -0.1) is 21.5 Å². The number of anilines is 1. The van der Waals surface area contributed by atoms with E-state index in [-0.39, 0.29) is 17.9 Å². The lowest BCUT2D eigenvalue weighted by Crippen LogP contribution is -2.20. The summed E-state index contributed by atoms with van der Waals surface area (Å²) in [4.78, 5) is 17.8. The molecule has 4 rings (SSSR count). The minimum absolute atomic E-state index is 0.0273. The zero-order chi connectivity index (χ0) is 24.3. The van der Waals surface area contributed by atoms with E-state index in [9.17, 15) is 18.0 Å². The maximum atomic E-state index is 12.9. The maximum Gasteiger partial charge on any atom is 0.416 e. The van der Waals surface area contributed by atoms with Crippen molar-refractivity contribution in [3.05, 3.63) is 53.4 Å². The van der Waals surface area contributed by atoms with Crippen LogP contribution in [0.2, 0.25) is 0 Å². The topological polar surface area (TPSA) is 104 Å². The zero-order valence-electron chi connectivity index (χ0n) is 17.8. The Balaban J connectivity index is 1.44. The molecule has 0 aliphatic rings. The van der Waals surface area contributed by atoms with Gasteiger partial charge in [0.25, 0.3) is 0 Å². The van der Waals surface area contributed by atoms with Crippen LogP contribution in [0, 0.1) is 0 Å². The Morgan fingerprint density at radius 3 is 2.71 bits per heavy atom. The second-order valence-corrected chi connectivity index (χ2v) is 7.73. The lowest BCUT2D eigenvalue weighted by molar-refractivity contribution is -0.137. The fraction of sp³-hybridized carbons (Fsp3) is 0.190. The first-order valence-corrected chi connectivity index (χ1v) is 10.6. The Morgan fingerprint density at radius 1 is 1.15 bits per heavy atom. The molecule has 0 atom stereocenters. The van der Waals surface area contributed by atoms with Gasteiger partial charge >= 0.3 is 6.18 Å². The highest BCUT2D eigenvalue weighted by molar-refractivity contribution is 7.14. The Kier molecular flexibility index (Phi) is 6.45. The van der Waals surface area contributed by atoms with Gasteiger partial charge in [-0.25, -0.2) is 4.98 Å². The molecule has 2 heterocycles. The molecule has 0 bridgehead atoms. The Bertz CT molecular complexity index is 1320. The van der Waals surface area contributed by atoms with Crippen LogP contribution in [-0.4, -0.2) is 45.3 Å². The molecule has 13 heteroatoms. The van der Waals surface area contributed by atoms with E-state index in [1.54, 1.807) is 37.8 Å². The molecule has 176 valence electrons. The van der Waals surface area contributed by atoms with Crippen molar-refractivity contribution in [1.82, 2.24) is 25.2 Å². The molecule has 1 N–H and O–H groups in total. The van der Waals surface area contributed by atoms with Crippen molar-refractivity contribution in [2.24, 2.45) is 0 Å². The summed E-state index contributed by atoms with van der Waals surface area (Å²) in [5.41, 5.74) is 0.591. The number of ether oxygens (including phenoxy) is 2. The number of halogens is 3. The smallest absolute Gasteiger partial charge is 0.416 e. The average Bonchev–Trinajstić information content (AvgIpc) is 3.48. The summed E-state index contributed by atoms with van der Waals surface area (Å²) in [5.74, 6) is 0.716. The van der Waals surface area contributed by atoms with Crippen molar-refractivity contribution in [3.8, 4) is 34.1 Å². The van der Waals surface area contributed by atoms with E-state index in [2.05, 4.69) is 25.7 Å². The van der Waals surface area contributed by atoms with Crippen molar-refractivity contribution in [1.29, 1.82) is 0 Å². The molecule has 4 aromatic rings. The third-order valence-corrected chi connectivity index (χ3v) is 5.38. The third kappa shape index (κ3) is 5.14. The SMILES string of the molecule is COc1ccc(OC)c(-c2csc(NC(=O)Cn3nnc(-c4cccc(C(F)(F)F)c4)n3)n2)c1. The van der Waals surface area contributed by atoms with Gasteiger partial charge in [-0.1, -0.05) is 12.1 Å². The lowest BCUT2D eigenvalue weighted by Gasteiger charge is -2.08. The van der Waals surface area contributed by atoms with E-state index in [1.807, 2.05) is 0 Å². The Hall–Kier alpha value is -4.00. The van der Waals surface area contributed by atoms with Crippen molar-refractivity contribution in [2.75, 3.05) is 19.5 Å². The van der Waals surface area contributed by atoms with Crippen molar-refractivity contribution in [2.45, 2.75) is 12.7 Å². The minimum Gasteiger partial charge on any atom is -0.497 e. The van der Waals surface area contributed by atoms with E-state index in [1.165, 1.54) is 23.5 Å². The van der Waals surface area contributed by atoms with Crippen LogP contribution in [-0.2, 0) is 17.5 Å². The molecule has 9 nitrogen and oxygen atoms in total. The largest absolute Gasteiger partial charge is 0.497 e. The molecule has 0 unspecified atom stereocenters. The normalized spacial score (nSPS) is 11.3. The van der Waals surface area contributed by atoms with E-state index >= 15 is 0 Å². The third-order valence-electron chi connectivity index (χ3n) is 4.62. The first kappa shape index (κ1) is 23.2. The van der Waals surface area contributed by atoms with Crippen LogP contribution in [0.4, 0.5) is 18.3 Å². The summed E-state index contributed by atoms with van der Waals surface area (Å²) in [5, 5.41) is 16.2. The lowest BCUT2D eigenvalue weighted by atomic mass is 10.1. The molecule has 34 heavy (non-hydrogen) atoms. The summed E-state index contributed by atoms with van der Waals surface area (Å²) in [7, 11) is 3.09. The van der Waals surface area contributed by atoms with Crippen molar-refractivity contribution in [3.63, 3.8) is 0 Å². The number of benzene rings is 2. The number of alkyl halides is 3. The molecular formula is C21H17F3N6O3S. The summed E-state index contributed by atoms with van der Waals surface area (Å²) < 4.78 is 49.4. The number of thiazole rings is 1. The summed E-state index contributed by atoms with van der Waals surface area (Å²) >= 11 is 1.21. The van der Waals surface area contributed by atoms with E-state index in [0.29, 0.717) is 27.9 Å². The number of aromatic nitrogens is 5. The van der Waals surface area contributed by atoms with Crippen molar-refractivity contribution < 1.29 is 27.4 Å². The van der Waals surface area contributed by atoms with Gasteiger partial charge in [-0.2, -0.15) is 18.0 Å². The minimum atomic E-state index is -4.49. The molecule has 2 aromatic heterocycles. The van der Waals surface area contributed by atoms with Gasteiger partial charge in [0.1, 0.15) is 18.0 Å². The predicted octanol–water partition coefficient (Wildman–Crippen LogP) is 4.14. The molecular weight excluding hydrogens is 473 g/mol. The second-order valence-electron chi connectivity index (χ2n) is 6.87. The number of hydrogen-bond donors (Lipinski definition) is 1. The van der Waals surface area contributed by atoms with Crippen LogP contribution in [0.5, 0.6) is 11.5 Å². The molecule has 0 saturated carbocycles. The van der Waals surface area contributed by atoms with Gasteiger partial charge in [0.05, 0.1) is 25.5 Å². The number of nitrogens with zero attached hydrogens (tertiary/aromatic N) is 5. The van der Waals surface area contributed by atoms with Crippen LogP contribution in [0.1, 0.15) is 5.56 Å². The number of carbonyl (C=O) groups is 1. The molecule has 0 spiro atoms. The van der Waals surface area contributed by atoms with Gasteiger partial charge < -0.3 is 14.8 Å². The van der Waals surface area contributed by atoms with Crippen LogP contribution in [0.3, 0.4) is 0 Å².